The topological polar surface area (TPSA) is 69.6 Å². The van der Waals surface area contributed by atoms with Crippen LogP contribution in [-0.4, -0.2) is 28.5 Å². The first kappa shape index (κ1) is 11.3. The molecule has 1 amide bonds. The summed E-state index contributed by atoms with van der Waals surface area (Å²) in [4.78, 5) is 10.5. The maximum atomic E-state index is 10.5. The highest BCUT2D eigenvalue weighted by Crippen LogP contribution is 2.38. The van der Waals surface area contributed by atoms with Crippen LogP contribution < -0.4 is 5.32 Å². The second-order valence-corrected chi connectivity index (χ2v) is 4.90. The van der Waals surface area contributed by atoms with Crippen LogP contribution in [0.1, 0.15) is 33.1 Å². The fourth-order valence-corrected chi connectivity index (χ4v) is 2.25. The fraction of sp³-hybridized carbons (Fsp3) is 0.900. The Kier molecular flexibility index (Phi) is 3.37. The molecule has 4 nitrogen and oxygen atoms in total. The summed E-state index contributed by atoms with van der Waals surface area (Å²) in [5.41, 5.74) is -0.350. The third-order valence-electron chi connectivity index (χ3n) is 2.84. The maximum absolute atomic E-state index is 10.5. The van der Waals surface area contributed by atoms with Crippen LogP contribution >= 0.6 is 0 Å². The number of carbonyl (C=O) groups is 1. The second kappa shape index (κ2) is 4.17. The molecule has 0 saturated heterocycles. The average Bonchev–Trinajstić information content (AvgIpc) is 1.93. The van der Waals surface area contributed by atoms with Gasteiger partial charge in [0.05, 0.1) is 0 Å². The van der Waals surface area contributed by atoms with Gasteiger partial charge in [0.2, 0.25) is 0 Å². The minimum absolute atomic E-state index is 0.267. The van der Waals surface area contributed by atoms with Crippen LogP contribution in [0.3, 0.4) is 0 Å². The smallest absolute Gasteiger partial charge is 0.405 e. The Morgan fingerprint density at radius 3 is 2.43 bits per heavy atom. The monoisotopic (exact) mass is 201 g/mol. The molecule has 0 radical (unpaired) electrons. The SMILES string of the molecule is CC(C)(CC1CC(CO)C1)NC(=O)O. The molecule has 3 N–H and O–H groups in total. The molecule has 0 aromatic rings. The minimum atomic E-state index is -0.965. The largest absolute Gasteiger partial charge is 0.465 e. The van der Waals surface area contributed by atoms with Gasteiger partial charge in [0.1, 0.15) is 0 Å². The number of nitrogens with one attached hydrogen (secondary N) is 1. The Morgan fingerprint density at radius 1 is 1.43 bits per heavy atom. The van der Waals surface area contributed by atoms with E-state index in [2.05, 4.69) is 5.32 Å². The van der Waals surface area contributed by atoms with Gasteiger partial charge in [-0.1, -0.05) is 0 Å². The van der Waals surface area contributed by atoms with Crippen LogP contribution in [0.15, 0.2) is 0 Å². The van der Waals surface area contributed by atoms with Gasteiger partial charge < -0.3 is 15.5 Å². The highest BCUT2D eigenvalue weighted by molar-refractivity contribution is 5.65. The quantitative estimate of drug-likeness (QED) is 0.644. The highest BCUT2D eigenvalue weighted by atomic mass is 16.4. The van der Waals surface area contributed by atoms with Crippen molar-refractivity contribution in [3.05, 3.63) is 0 Å². The summed E-state index contributed by atoms with van der Waals surface area (Å²) in [6.45, 7) is 4.06. The summed E-state index contributed by atoms with van der Waals surface area (Å²) in [7, 11) is 0. The lowest BCUT2D eigenvalue weighted by atomic mass is 9.70. The van der Waals surface area contributed by atoms with E-state index in [4.69, 9.17) is 10.2 Å². The van der Waals surface area contributed by atoms with E-state index in [-0.39, 0.29) is 12.1 Å². The van der Waals surface area contributed by atoms with Gasteiger partial charge in [-0.3, -0.25) is 0 Å². The number of hydrogen-bond acceptors (Lipinski definition) is 2. The molecule has 4 heteroatoms. The Labute approximate surface area is 84.3 Å². The van der Waals surface area contributed by atoms with Crippen molar-refractivity contribution in [1.29, 1.82) is 0 Å². The van der Waals surface area contributed by atoms with Crippen LogP contribution in [0.25, 0.3) is 0 Å². The standard InChI is InChI=1S/C10H19NO3/c1-10(2,11-9(13)14)5-7-3-8(4-7)6-12/h7-8,11-12H,3-6H2,1-2H3,(H,13,14). The molecule has 0 heterocycles. The summed E-state index contributed by atoms with van der Waals surface area (Å²) in [5.74, 6) is 1.01. The maximum Gasteiger partial charge on any atom is 0.405 e. The second-order valence-electron chi connectivity index (χ2n) is 4.90. The third kappa shape index (κ3) is 3.18. The summed E-state index contributed by atoms with van der Waals surface area (Å²) in [6, 6.07) is 0. The van der Waals surface area contributed by atoms with E-state index >= 15 is 0 Å². The van der Waals surface area contributed by atoms with Crippen molar-refractivity contribution in [2.24, 2.45) is 11.8 Å². The van der Waals surface area contributed by atoms with Crippen LogP contribution in [0.4, 0.5) is 4.79 Å². The lowest BCUT2D eigenvalue weighted by Gasteiger charge is -2.39. The molecular formula is C10H19NO3. The van der Waals surface area contributed by atoms with Crippen molar-refractivity contribution < 1.29 is 15.0 Å². The summed E-state index contributed by atoms with van der Waals surface area (Å²) in [5, 5.41) is 19.9. The minimum Gasteiger partial charge on any atom is -0.465 e. The molecule has 1 aliphatic carbocycles. The van der Waals surface area contributed by atoms with Gasteiger partial charge in [-0.2, -0.15) is 0 Å². The first-order valence-electron chi connectivity index (χ1n) is 5.05. The molecule has 0 spiro atoms. The number of aliphatic hydroxyl groups is 1. The van der Waals surface area contributed by atoms with E-state index in [1.54, 1.807) is 0 Å². The van der Waals surface area contributed by atoms with Gasteiger partial charge in [0.15, 0.2) is 0 Å². The summed E-state index contributed by atoms with van der Waals surface area (Å²) < 4.78 is 0. The molecule has 0 unspecified atom stereocenters. The Hall–Kier alpha value is -0.770. The third-order valence-corrected chi connectivity index (χ3v) is 2.84. The van der Waals surface area contributed by atoms with Gasteiger partial charge >= 0.3 is 6.09 Å². The van der Waals surface area contributed by atoms with Crippen molar-refractivity contribution >= 4 is 6.09 Å². The van der Waals surface area contributed by atoms with Crippen LogP contribution in [-0.2, 0) is 0 Å². The molecule has 0 aromatic carbocycles. The zero-order valence-electron chi connectivity index (χ0n) is 8.79. The lowest BCUT2D eigenvalue weighted by molar-refractivity contribution is 0.0838. The van der Waals surface area contributed by atoms with E-state index < -0.39 is 6.09 Å². The van der Waals surface area contributed by atoms with Crippen molar-refractivity contribution in [3.8, 4) is 0 Å². The van der Waals surface area contributed by atoms with Crippen molar-refractivity contribution in [1.82, 2.24) is 5.32 Å². The van der Waals surface area contributed by atoms with Crippen molar-refractivity contribution in [2.75, 3.05) is 6.61 Å². The number of carboxylic acid groups (broad SMARTS) is 1. The Bertz CT molecular complexity index is 209. The molecule has 0 atom stereocenters. The molecule has 14 heavy (non-hydrogen) atoms. The summed E-state index contributed by atoms with van der Waals surface area (Å²) >= 11 is 0. The van der Waals surface area contributed by atoms with Crippen molar-refractivity contribution in [3.63, 3.8) is 0 Å². The number of rotatable bonds is 4. The first-order chi connectivity index (χ1) is 6.43. The lowest BCUT2D eigenvalue weighted by Crippen LogP contribution is -2.46. The molecule has 1 saturated carbocycles. The van der Waals surface area contributed by atoms with E-state index in [0.717, 1.165) is 19.3 Å². The van der Waals surface area contributed by atoms with E-state index in [1.807, 2.05) is 13.8 Å². The van der Waals surface area contributed by atoms with Gasteiger partial charge in [-0.15, -0.1) is 0 Å². The molecule has 1 rings (SSSR count). The Morgan fingerprint density at radius 2 is 2.00 bits per heavy atom. The molecular weight excluding hydrogens is 182 g/mol. The fourth-order valence-electron chi connectivity index (χ4n) is 2.25. The zero-order chi connectivity index (χ0) is 10.8. The zero-order valence-corrected chi connectivity index (χ0v) is 8.79. The number of aliphatic hydroxyl groups excluding tert-OH is 1. The number of amides is 1. The molecule has 0 aromatic heterocycles. The first-order valence-corrected chi connectivity index (χ1v) is 5.05. The predicted molar refractivity (Wildman–Crippen MR) is 53.2 cm³/mol. The Balaban J connectivity index is 2.26. The predicted octanol–water partition coefficient (Wildman–Crippen LogP) is 1.44. The van der Waals surface area contributed by atoms with Gasteiger partial charge in [0.25, 0.3) is 0 Å². The average molecular weight is 201 g/mol. The highest BCUT2D eigenvalue weighted by Gasteiger charge is 2.33. The molecule has 1 aliphatic rings. The van der Waals surface area contributed by atoms with E-state index in [0.29, 0.717) is 11.8 Å². The molecule has 82 valence electrons. The van der Waals surface area contributed by atoms with Gasteiger partial charge in [-0.25, -0.2) is 4.79 Å². The van der Waals surface area contributed by atoms with Crippen LogP contribution in [0, 0.1) is 11.8 Å². The summed E-state index contributed by atoms with van der Waals surface area (Å²) in [6.07, 6.45) is 1.95. The van der Waals surface area contributed by atoms with Crippen LogP contribution in [0.2, 0.25) is 0 Å². The van der Waals surface area contributed by atoms with Gasteiger partial charge in [-0.05, 0) is 44.9 Å². The number of hydrogen-bond donors (Lipinski definition) is 3. The van der Waals surface area contributed by atoms with Gasteiger partial charge in [0, 0.05) is 12.1 Å². The van der Waals surface area contributed by atoms with Crippen LogP contribution in [0.5, 0.6) is 0 Å². The normalized spacial score (nSPS) is 26.8. The van der Waals surface area contributed by atoms with E-state index in [1.165, 1.54) is 0 Å². The molecule has 0 bridgehead atoms. The van der Waals surface area contributed by atoms with E-state index in [9.17, 15) is 4.79 Å². The van der Waals surface area contributed by atoms with Crippen molar-refractivity contribution in [2.45, 2.75) is 38.6 Å². The molecule has 1 fully saturated rings. The molecule has 0 aliphatic heterocycles.